The van der Waals surface area contributed by atoms with Gasteiger partial charge in [0.2, 0.25) is 0 Å². The number of carbonyl (C=O) groups excluding carboxylic acids is 2. The highest BCUT2D eigenvalue weighted by molar-refractivity contribution is 9.10. The minimum absolute atomic E-state index is 0.234. The number of esters is 2. The van der Waals surface area contributed by atoms with Crippen molar-refractivity contribution in [3.63, 3.8) is 0 Å². The fourth-order valence-electron chi connectivity index (χ4n) is 3.33. The number of hydrogen-bond acceptors (Lipinski definition) is 6. The molecule has 2 atom stereocenters. The second-order valence-electron chi connectivity index (χ2n) is 11.6. The lowest BCUT2D eigenvalue weighted by atomic mass is 9.62. The highest BCUT2D eigenvalue weighted by Gasteiger charge is 2.49. The summed E-state index contributed by atoms with van der Waals surface area (Å²) in [6, 6.07) is 0. The molecule has 0 bridgehead atoms. The summed E-state index contributed by atoms with van der Waals surface area (Å²) in [5, 5.41) is 0. The van der Waals surface area contributed by atoms with Gasteiger partial charge in [0.1, 0.15) is 0 Å². The Bertz CT molecular complexity index is 635. The molecule has 0 aliphatic carbocycles. The first-order chi connectivity index (χ1) is 14.8. The van der Waals surface area contributed by atoms with E-state index in [1.807, 2.05) is 55.4 Å². The van der Waals surface area contributed by atoms with E-state index in [-0.39, 0.29) is 29.7 Å². The van der Waals surface area contributed by atoms with Gasteiger partial charge in [-0.1, -0.05) is 36.7 Å². The van der Waals surface area contributed by atoms with Crippen molar-refractivity contribution in [2.75, 3.05) is 27.4 Å². The van der Waals surface area contributed by atoms with Crippen molar-refractivity contribution >= 4 is 27.9 Å². The maximum Gasteiger partial charge on any atom is 0.312 e. The smallest absolute Gasteiger partial charge is 0.312 e. The SMILES string of the molecule is CCC(C)(CCOC(=O)C(C)(C)C(C)(C)CC(C(=O)OC)C(C)(C)Br)OCCC(C)(C)OC. The third-order valence-corrected chi connectivity index (χ3v) is 8.10. The van der Waals surface area contributed by atoms with Crippen molar-refractivity contribution in [2.24, 2.45) is 16.7 Å². The Morgan fingerprint density at radius 1 is 0.879 bits per heavy atom. The predicted octanol–water partition coefficient (Wildman–Crippen LogP) is 6.33. The molecule has 7 heteroatoms. The van der Waals surface area contributed by atoms with E-state index in [0.29, 0.717) is 19.4 Å². The van der Waals surface area contributed by atoms with Gasteiger partial charge in [0.05, 0.1) is 42.9 Å². The summed E-state index contributed by atoms with van der Waals surface area (Å²) < 4.78 is 21.9. The first kappa shape index (κ1) is 32.3. The number of rotatable bonds is 15. The number of carbonyl (C=O) groups is 2. The average molecular weight is 538 g/mol. The fourth-order valence-corrected chi connectivity index (χ4v) is 3.68. The van der Waals surface area contributed by atoms with Crippen LogP contribution in [-0.2, 0) is 28.5 Å². The van der Waals surface area contributed by atoms with Crippen LogP contribution in [0.2, 0.25) is 0 Å². The van der Waals surface area contributed by atoms with Crippen molar-refractivity contribution in [3.05, 3.63) is 0 Å². The van der Waals surface area contributed by atoms with E-state index < -0.39 is 21.1 Å². The van der Waals surface area contributed by atoms with Gasteiger partial charge in [0.15, 0.2) is 0 Å². The third-order valence-electron chi connectivity index (χ3n) is 7.55. The number of hydrogen-bond donors (Lipinski definition) is 0. The quantitative estimate of drug-likeness (QED) is 0.180. The standard InChI is InChI=1S/C26H49BrO6/c1-13-26(10,33-17-14-23(4,5)31-12)15-16-32-21(29)24(6,7)22(2,3)18-19(20(28)30-11)25(8,9)27/h19H,13-18H2,1-12H3. The molecule has 0 saturated carbocycles. The first-order valence-electron chi connectivity index (χ1n) is 11.9. The average Bonchev–Trinajstić information content (AvgIpc) is 2.70. The molecule has 0 aliphatic heterocycles. The Morgan fingerprint density at radius 3 is 1.85 bits per heavy atom. The molecule has 0 spiro atoms. The largest absolute Gasteiger partial charge is 0.469 e. The molecule has 2 unspecified atom stereocenters. The molecule has 0 N–H and O–H groups in total. The number of ether oxygens (including phenoxy) is 4. The number of halogens is 1. The third kappa shape index (κ3) is 9.85. The normalized spacial score (nSPS) is 16.2. The van der Waals surface area contributed by atoms with Gasteiger partial charge in [-0.2, -0.15) is 0 Å². The highest BCUT2D eigenvalue weighted by Crippen LogP contribution is 2.47. The Labute approximate surface area is 211 Å². The lowest BCUT2D eigenvalue weighted by Crippen LogP contribution is -2.46. The summed E-state index contributed by atoms with van der Waals surface area (Å²) >= 11 is 3.61. The van der Waals surface area contributed by atoms with Gasteiger partial charge in [0.25, 0.3) is 0 Å². The first-order valence-corrected chi connectivity index (χ1v) is 12.7. The molecule has 0 aromatic carbocycles. The topological polar surface area (TPSA) is 71.1 Å². The zero-order valence-electron chi connectivity index (χ0n) is 23.1. The monoisotopic (exact) mass is 536 g/mol. The van der Waals surface area contributed by atoms with Crippen LogP contribution in [0, 0.1) is 16.7 Å². The summed E-state index contributed by atoms with van der Waals surface area (Å²) in [5.74, 6) is -0.971. The molecular weight excluding hydrogens is 488 g/mol. The molecule has 0 rings (SSSR count). The van der Waals surface area contributed by atoms with Gasteiger partial charge < -0.3 is 18.9 Å². The summed E-state index contributed by atoms with van der Waals surface area (Å²) in [6.45, 7) is 20.7. The Hall–Kier alpha value is -0.660. The molecule has 0 aliphatic rings. The second kappa shape index (κ2) is 12.3. The van der Waals surface area contributed by atoms with E-state index in [9.17, 15) is 9.59 Å². The van der Waals surface area contributed by atoms with Crippen molar-refractivity contribution in [2.45, 2.75) is 110 Å². The van der Waals surface area contributed by atoms with Crippen LogP contribution in [0.5, 0.6) is 0 Å². The predicted molar refractivity (Wildman–Crippen MR) is 137 cm³/mol. The van der Waals surface area contributed by atoms with Gasteiger partial charge >= 0.3 is 11.9 Å². The Morgan fingerprint density at radius 2 is 1.42 bits per heavy atom. The molecule has 6 nitrogen and oxygen atoms in total. The van der Waals surface area contributed by atoms with E-state index in [1.165, 1.54) is 7.11 Å². The van der Waals surface area contributed by atoms with Crippen LogP contribution >= 0.6 is 15.9 Å². The maximum absolute atomic E-state index is 13.1. The van der Waals surface area contributed by atoms with Crippen LogP contribution in [0.25, 0.3) is 0 Å². The van der Waals surface area contributed by atoms with Crippen LogP contribution in [0.4, 0.5) is 0 Å². The van der Waals surface area contributed by atoms with E-state index in [1.54, 1.807) is 7.11 Å². The van der Waals surface area contributed by atoms with Gasteiger partial charge in [0, 0.05) is 17.9 Å². The zero-order chi connectivity index (χ0) is 26.3. The summed E-state index contributed by atoms with van der Waals surface area (Å²) in [4.78, 5) is 25.6. The zero-order valence-corrected chi connectivity index (χ0v) is 24.7. The van der Waals surface area contributed by atoms with Gasteiger partial charge in [-0.25, -0.2) is 0 Å². The van der Waals surface area contributed by atoms with Crippen LogP contribution in [0.15, 0.2) is 0 Å². The van der Waals surface area contributed by atoms with Crippen LogP contribution < -0.4 is 0 Å². The van der Waals surface area contributed by atoms with E-state index >= 15 is 0 Å². The number of methoxy groups -OCH3 is 2. The summed E-state index contributed by atoms with van der Waals surface area (Å²) in [7, 11) is 3.09. The van der Waals surface area contributed by atoms with Crippen LogP contribution in [0.3, 0.4) is 0 Å². The summed E-state index contributed by atoms with van der Waals surface area (Å²) in [6.07, 6.45) is 2.68. The molecule has 0 amide bonds. The van der Waals surface area contributed by atoms with Gasteiger partial charge in [-0.3, -0.25) is 9.59 Å². The molecule has 196 valence electrons. The second-order valence-corrected chi connectivity index (χ2v) is 13.6. The van der Waals surface area contributed by atoms with E-state index in [4.69, 9.17) is 18.9 Å². The molecule has 0 saturated heterocycles. The minimum atomic E-state index is -0.802. The Kier molecular flexibility index (Phi) is 12.1. The molecule has 0 fully saturated rings. The van der Waals surface area contributed by atoms with Gasteiger partial charge in [-0.05, 0) is 73.1 Å². The van der Waals surface area contributed by atoms with Crippen LogP contribution in [-0.4, -0.2) is 54.9 Å². The lowest BCUT2D eigenvalue weighted by Gasteiger charge is -2.43. The van der Waals surface area contributed by atoms with Crippen molar-refractivity contribution in [1.82, 2.24) is 0 Å². The Balaban J connectivity index is 5.12. The lowest BCUT2D eigenvalue weighted by molar-refractivity contribution is -0.166. The van der Waals surface area contributed by atoms with E-state index in [2.05, 4.69) is 29.8 Å². The molecule has 0 aromatic heterocycles. The highest BCUT2D eigenvalue weighted by atomic mass is 79.9. The molecular formula is C26H49BrO6. The maximum atomic E-state index is 13.1. The van der Waals surface area contributed by atoms with E-state index in [0.717, 1.165) is 12.8 Å². The van der Waals surface area contributed by atoms with Gasteiger partial charge in [-0.15, -0.1) is 0 Å². The minimum Gasteiger partial charge on any atom is -0.469 e. The molecule has 0 radical (unpaired) electrons. The molecule has 33 heavy (non-hydrogen) atoms. The summed E-state index contributed by atoms with van der Waals surface area (Å²) in [5.41, 5.74) is -1.92. The molecule has 0 heterocycles. The number of alkyl halides is 1. The van der Waals surface area contributed by atoms with Crippen molar-refractivity contribution in [3.8, 4) is 0 Å². The van der Waals surface area contributed by atoms with Crippen molar-refractivity contribution in [1.29, 1.82) is 0 Å². The van der Waals surface area contributed by atoms with Crippen molar-refractivity contribution < 1.29 is 28.5 Å². The van der Waals surface area contributed by atoms with Crippen LogP contribution in [0.1, 0.15) is 94.9 Å². The molecule has 0 aromatic rings. The fraction of sp³-hybridized carbons (Fsp3) is 0.923.